The summed E-state index contributed by atoms with van der Waals surface area (Å²) in [6.07, 6.45) is 0.960. The molecule has 0 amide bonds. The fourth-order valence-corrected chi connectivity index (χ4v) is 1.80. The van der Waals surface area contributed by atoms with Gasteiger partial charge in [-0.3, -0.25) is 15.0 Å². The summed E-state index contributed by atoms with van der Waals surface area (Å²) in [5, 5.41) is 11.8. The average molecular weight is 237 g/mol. The van der Waals surface area contributed by atoms with Gasteiger partial charge in [0.15, 0.2) is 0 Å². The predicted molar refractivity (Wildman–Crippen MR) is 70.0 cm³/mol. The molecule has 0 aliphatic heterocycles. The maximum atomic E-state index is 7.38. The van der Waals surface area contributed by atoms with E-state index in [9.17, 15) is 0 Å². The number of aryl methyl sites for hydroxylation is 2. The molecule has 1 aromatic rings. The predicted octanol–water partition coefficient (Wildman–Crippen LogP) is 0.986. The van der Waals surface area contributed by atoms with Crippen LogP contribution in [0.1, 0.15) is 25.2 Å². The van der Waals surface area contributed by atoms with Gasteiger partial charge in [-0.2, -0.15) is 5.10 Å². The van der Waals surface area contributed by atoms with E-state index >= 15 is 0 Å². The highest BCUT2D eigenvalue weighted by atomic mass is 15.3. The van der Waals surface area contributed by atoms with Crippen molar-refractivity contribution in [3.05, 3.63) is 17.5 Å². The molecule has 5 heteroatoms. The zero-order chi connectivity index (χ0) is 13.0. The number of aromatic nitrogens is 2. The second-order valence-electron chi connectivity index (χ2n) is 4.66. The smallest absolute Gasteiger partial charge is 0.0947 e. The van der Waals surface area contributed by atoms with Crippen LogP contribution in [0.5, 0.6) is 0 Å². The van der Waals surface area contributed by atoms with Gasteiger partial charge in [-0.25, -0.2) is 0 Å². The molecule has 0 aliphatic rings. The number of nitrogens with two attached hydrogens (primary N) is 1. The van der Waals surface area contributed by atoms with Crippen molar-refractivity contribution in [3.8, 4) is 0 Å². The lowest BCUT2D eigenvalue weighted by Crippen LogP contribution is -2.32. The van der Waals surface area contributed by atoms with Crippen LogP contribution in [0.2, 0.25) is 0 Å². The first kappa shape index (κ1) is 13.7. The molecular weight excluding hydrogens is 214 g/mol. The Morgan fingerprint density at radius 1 is 1.65 bits per heavy atom. The van der Waals surface area contributed by atoms with Gasteiger partial charge in [-0.1, -0.05) is 13.8 Å². The van der Waals surface area contributed by atoms with Gasteiger partial charge in [0.2, 0.25) is 0 Å². The molecule has 1 heterocycles. The van der Waals surface area contributed by atoms with Gasteiger partial charge in [0, 0.05) is 26.1 Å². The molecule has 17 heavy (non-hydrogen) atoms. The maximum Gasteiger partial charge on any atom is 0.0947 e. The number of nitrogens with one attached hydrogen (secondary N) is 1. The van der Waals surface area contributed by atoms with Crippen LogP contribution in [0.4, 0.5) is 0 Å². The van der Waals surface area contributed by atoms with E-state index in [-0.39, 0.29) is 11.8 Å². The Bertz CT molecular complexity index is 382. The van der Waals surface area contributed by atoms with Gasteiger partial charge in [0.05, 0.1) is 17.2 Å². The Morgan fingerprint density at radius 2 is 2.29 bits per heavy atom. The molecule has 1 rings (SSSR count). The minimum atomic E-state index is 0.0962. The quantitative estimate of drug-likeness (QED) is 0.572. The zero-order valence-electron chi connectivity index (χ0n) is 11.2. The van der Waals surface area contributed by atoms with E-state index in [1.54, 1.807) is 0 Å². The highest BCUT2D eigenvalue weighted by molar-refractivity contribution is 5.79. The lowest BCUT2D eigenvalue weighted by molar-refractivity contribution is 0.298. The highest BCUT2D eigenvalue weighted by Crippen LogP contribution is 2.08. The molecule has 0 saturated carbocycles. The van der Waals surface area contributed by atoms with Crippen molar-refractivity contribution < 1.29 is 0 Å². The average Bonchev–Trinajstić information content (AvgIpc) is 2.59. The van der Waals surface area contributed by atoms with Crippen molar-refractivity contribution in [1.82, 2.24) is 14.7 Å². The van der Waals surface area contributed by atoms with E-state index in [4.69, 9.17) is 11.1 Å². The maximum absolute atomic E-state index is 7.38. The van der Waals surface area contributed by atoms with Crippen LogP contribution in [-0.4, -0.2) is 34.1 Å². The summed E-state index contributed by atoms with van der Waals surface area (Å²) in [5.74, 6) is 0.343. The normalized spacial score (nSPS) is 13.0. The standard InChI is InChI=1S/C12H23N5/c1-5-10-6-11(17(4)15-10)8-16(3)7-9(2)12(13)14/h6,9H,5,7-8H2,1-4H3,(H3,13,14). The number of nitrogens with zero attached hydrogens (tertiary/aromatic N) is 3. The Kier molecular flexibility index (Phi) is 4.69. The van der Waals surface area contributed by atoms with E-state index in [0.717, 1.165) is 25.2 Å². The highest BCUT2D eigenvalue weighted by Gasteiger charge is 2.11. The monoisotopic (exact) mass is 237 g/mol. The first-order chi connectivity index (χ1) is 7.93. The van der Waals surface area contributed by atoms with Crippen molar-refractivity contribution in [1.29, 1.82) is 5.41 Å². The van der Waals surface area contributed by atoms with Crippen LogP contribution in [0.15, 0.2) is 6.07 Å². The molecule has 0 spiro atoms. The SMILES string of the molecule is CCc1cc(CN(C)CC(C)C(=N)N)n(C)n1. The number of hydrogen-bond donors (Lipinski definition) is 2. The van der Waals surface area contributed by atoms with Gasteiger partial charge >= 0.3 is 0 Å². The minimum absolute atomic E-state index is 0.0962. The van der Waals surface area contributed by atoms with Crippen LogP contribution in [0.3, 0.4) is 0 Å². The van der Waals surface area contributed by atoms with Gasteiger partial charge in [0.1, 0.15) is 0 Å². The summed E-state index contributed by atoms with van der Waals surface area (Å²) in [5.41, 5.74) is 7.79. The molecule has 1 unspecified atom stereocenters. The topological polar surface area (TPSA) is 70.9 Å². The molecule has 0 fully saturated rings. The summed E-state index contributed by atoms with van der Waals surface area (Å²) in [6.45, 7) is 5.70. The molecular formula is C12H23N5. The molecule has 1 aromatic heterocycles. The van der Waals surface area contributed by atoms with Crippen LogP contribution in [0.25, 0.3) is 0 Å². The molecule has 96 valence electrons. The molecule has 3 N–H and O–H groups in total. The fourth-order valence-electron chi connectivity index (χ4n) is 1.80. The van der Waals surface area contributed by atoms with Crippen molar-refractivity contribution in [2.75, 3.05) is 13.6 Å². The molecule has 0 saturated heterocycles. The van der Waals surface area contributed by atoms with Crippen molar-refractivity contribution in [2.24, 2.45) is 18.7 Å². The number of rotatable bonds is 6. The Hall–Kier alpha value is -1.36. The zero-order valence-corrected chi connectivity index (χ0v) is 11.2. The number of hydrogen-bond acceptors (Lipinski definition) is 3. The summed E-state index contributed by atoms with van der Waals surface area (Å²) in [6, 6.07) is 2.13. The third-order valence-electron chi connectivity index (χ3n) is 2.94. The lowest BCUT2D eigenvalue weighted by atomic mass is 10.1. The van der Waals surface area contributed by atoms with Crippen molar-refractivity contribution in [2.45, 2.75) is 26.8 Å². The second-order valence-corrected chi connectivity index (χ2v) is 4.66. The van der Waals surface area contributed by atoms with E-state index in [0.29, 0.717) is 0 Å². The first-order valence-corrected chi connectivity index (χ1v) is 5.98. The Morgan fingerprint density at radius 3 is 2.76 bits per heavy atom. The summed E-state index contributed by atoms with van der Waals surface area (Å²) >= 11 is 0. The third kappa shape index (κ3) is 3.85. The molecule has 0 aliphatic carbocycles. The van der Waals surface area contributed by atoms with Crippen LogP contribution in [0, 0.1) is 11.3 Å². The van der Waals surface area contributed by atoms with Crippen molar-refractivity contribution in [3.63, 3.8) is 0 Å². The molecule has 1 atom stereocenters. The van der Waals surface area contributed by atoms with Gasteiger partial charge in [-0.05, 0) is 19.5 Å². The van der Waals surface area contributed by atoms with Crippen LogP contribution >= 0.6 is 0 Å². The van der Waals surface area contributed by atoms with Gasteiger partial charge in [0.25, 0.3) is 0 Å². The molecule has 5 nitrogen and oxygen atoms in total. The second kappa shape index (κ2) is 5.82. The molecule has 0 bridgehead atoms. The van der Waals surface area contributed by atoms with Crippen LogP contribution < -0.4 is 5.73 Å². The van der Waals surface area contributed by atoms with E-state index < -0.39 is 0 Å². The van der Waals surface area contributed by atoms with Crippen molar-refractivity contribution >= 4 is 5.84 Å². The summed E-state index contributed by atoms with van der Waals surface area (Å²) < 4.78 is 1.92. The third-order valence-corrected chi connectivity index (χ3v) is 2.94. The van der Waals surface area contributed by atoms with Gasteiger partial charge in [-0.15, -0.1) is 0 Å². The summed E-state index contributed by atoms with van der Waals surface area (Å²) in [7, 11) is 4.01. The minimum Gasteiger partial charge on any atom is -0.387 e. The first-order valence-electron chi connectivity index (χ1n) is 5.98. The molecule has 0 aromatic carbocycles. The van der Waals surface area contributed by atoms with E-state index in [1.165, 1.54) is 5.69 Å². The van der Waals surface area contributed by atoms with E-state index in [2.05, 4.69) is 23.0 Å². The fraction of sp³-hybridized carbons (Fsp3) is 0.667. The lowest BCUT2D eigenvalue weighted by Gasteiger charge is -2.20. The summed E-state index contributed by atoms with van der Waals surface area (Å²) in [4.78, 5) is 2.17. The number of amidine groups is 1. The Labute approximate surface area is 103 Å². The molecule has 0 radical (unpaired) electrons. The van der Waals surface area contributed by atoms with E-state index in [1.807, 2.05) is 25.7 Å². The van der Waals surface area contributed by atoms with Crippen LogP contribution in [-0.2, 0) is 20.0 Å². The van der Waals surface area contributed by atoms with Gasteiger partial charge < -0.3 is 5.73 Å². The largest absolute Gasteiger partial charge is 0.387 e. The Balaban J connectivity index is 2.58.